The lowest BCUT2D eigenvalue weighted by atomic mass is 10.0. The Kier molecular flexibility index (Phi) is 6.71. The van der Waals surface area contributed by atoms with Gasteiger partial charge in [-0.05, 0) is 36.6 Å². The lowest BCUT2D eigenvalue weighted by Crippen LogP contribution is -2.17. The van der Waals surface area contributed by atoms with E-state index < -0.39 is 18.0 Å². The predicted octanol–water partition coefficient (Wildman–Crippen LogP) is 5.87. The normalized spacial score (nSPS) is 11.8. The van der Waals surface area contributed by atoms with Crippen molar-refractivity contribution in [2.75, 3.05) is 5.32 Å². The zero-order chi connectivity index (χ0) is 25.8. The van der Waals surface area contributed by atoms with Crippen molar-refractivity contribution < 1.29 is 18.4 Å². The number of ether oxygens (including phenoxy) is 1. The highest BCUT2D eigenvalue weighted by Gasteiger charge is 2.21. The van der Waals surface area contributed by atoms with Crippen LogP contribution < -0.4 is 5.32 Å². The van der Waals surface area contributed by atoms with Gasteiger partial charge in [0.2, 0.25) is 0 Å². The highest BCUT2D eigenvalue weighted by atomic mass is 19.1. The van der Waals surface area contributed by atoms with Gasteiger partial charge in [-0.25, -0.2) is 9.18 Å². The number of hydrogen-bond donors (Lipinski definition) is 2. The van der Waals surface area contributed by atoms with Gasteiger partial charge in [0.05, 0.1) is 0 Å². The third kappa shape index (κ3) is 5.37. The van der Waals surface area contributed by atoms with E-state index in [2.05, 4.69) is 31.1 Å². The van der Waals surface area contributed by atoms with Gasteiger partial charge in [-0.3, -0.25) is 5.32 Å². The average Bonchev–Trinajstić information content (AvgIpc) is 3.55. The van der Waals surface area contributed by atoms with Gasteiger partial charge in [0.25, 0.3) is 0 Å². The van der Waals surface area contributed by atoms with Crippen molar-refractivity contribution in [3.63, 3.8) is 0 Å². The summed E-state index contributed by atoms with van der Waals surface area (Å²) in [5.41, 5.74) is 5.04. The second-order valence-electron chi connectivity index (χ2n) is 8.45. The third-order valence-electron chi connectivity index (χ3n) is 5.90. The largest absolute Gasteiger partial charge is 0.441 e. The van der Waals surface area contributed by atoms with Gasteiger partial charge >= 0.3 is 6.09 Å². The number of aromatic nitrogens is 5. The minimum Gasteiger partial charge on any atom is -0.441 e. The Balaban J connectivity index is 1.28. The number of hydrogen-bond acceptors (Lipinski definition) is 7. The first-order valence-electron chi connectivity index (χ1n) is 11.6. The molecule has 1 unspecified atom stereocenters. The second kappa shape index (κ2) is 10.4. The molecule has 10 heteroatoms. The van der Waals surface area contributed by atoms with Gasteiger partial charge in [0.1, 0.15) is 23.3 Å². The van der Waals surface area contributed by atoms with Crippen LogP contribution in [0.1, 0.15) is 35.7 Å². The molecule has 2 heterocycles. The van der Waals surface area contributed by atoms with Crippen molar-refractivity contribution in [1.29, 1.82) is 0 Å². The van der Waals surface area contributed by atoms with Gasteiger partial charge in [-0.15, -0.1) is 10.2 Å². The van der Waals surface area contributed by atoms with E-state index in [0.717, 1.165) is 22.3 Å². The summed E-state index contributed by atoms with van der Waals surface area (Å²) in [4.78, 5) is 12.6. The number of nitrogens with one attached hydrogen (secondary N) is 2. The molecule has 0 saturated heterocycles. The van der Waals surface area contributed by atoms with Gasteiger partial charge in [-0.1, -0.05) is 77.1 Å². The molecule has 2 aromatic heterocycles. The van der Waals surface area contributed by atoms with Gasteiger partial charge in [-0.2, -0.15) is 5.21 Å². The highest BCUT2D eigenvalue weighted by molar-refractivity contribution is 5.91. The molecule has 37 heavy (non-hydrogen) atoms. The zero-order valence-corrected chi connectivity index (χ0v) is 20.1. The monoisotopic (exact) mass is 498 g/mol. The summed E-state index contributed by atoms with van der Waals surface area (Å²) in [7, 11) is 0. The number of aryl methyl sites for hydroxylation is 1. The summed E-state index contributed by atoms with van der Waals surface area (Å²) in [6.45, 7) is 3.32. The van der Waals surface area contributed by atoms with Crippen LogP contribution in [0.15, 0.2) is 77.3 Å². The Morgan fingerprint density at radius 1 is 1.03 bits per heavy atom. The van der Waals surface area contributed by atoms with E-state index in [0.29, 0.717) is 35.0 Å². The molecular weight excluding hydrogens is 475 g/mol. The summed E-state index contributed by atoms with van der Waals surface area (Å²) in [6.07, 6.45) is -0.916. The van der Waals surface area contributed by atoms with E-state index in [9.17, 15) is 9.18 Å². The molecule has 3 aromatic carbocycles. The molecule has 0 saturated carbocycles. The van der Waals surface area contributed by atoms with Crippen molar-refractivity contribution in [2.24, 2.45) is 0 Å². The van der Waals surface area contributed by atoms with E-state index >= 15 is 0 Å². The Morgan fingerprint density at radius 3 is 2.38 bits per heavy atom. The minimum atomic E-state index is -0.775. The molecule has 186 valence electrons. The molecule has 0 aliphatic heterocycles. The molecule has 1 atom stereocenters. The Hall–Kier alpha value is -4.86. The van der Waals surface area contributed by atoms with Crippen LogP contribution in [0, 0.1) is 12.7 Å². The van der Waals surface area contributed by atoms with E-state index in [-0.39, 0.29) is 0 Å². The maximum atomic E-state index is 14.0. The van der Waals surface area contributed by atoms with Gasteiger partial charge < -0.3 is 9.26 Å². The van der Waals surface area contributed by atoms with Gasteiger partial charge in [0, 0.05) is 17.5 Å². The molecule has 0 fully saturated rings. The third-order valence-corrected chi connectivity index (χ3v) is 5.90. The number of carbonyl (C=O) groups is 1. The van der Waals surface area contributed by atoms with Crippen molar-refractivity contribution in [1.82, 2.24) is 25.8 Å². The number of rotatable bonds is 7. The lowest BCUT2D eigenvalue weighted by Gasteiger charge is -2.15. The SMILES string of the molecule is Cc1noc(-c2ccc(-c3ccc(Cc4nn[nH]n4)cc3)cc2)c1NC(=O)OC(C)c1ccccc1F. The van der Waals surface area contributed by atoms with Crippen LogP contribution in [-0.4, -0.2) is 31.9 Å². The molecule has 2 N–H and O–H groups in total. The summed E-state index contributed by atoms with van der Waals surface area (Å²) in [5, 5.41) is 20.7. The van der Waals surface area contributed by atoms with Crippen LogP contribution in [0.2, 0.25) is 0 Å². The number of amides is 1. The molecule has 5 aromatic rings. The average molecular weight is 499 g/mol. The second-order valence-corrected chi connectivity index (χ2v) is 8.45. The number of nitrogens with zero attached hydrogens (tertiary/aromatic N) is 4. The molecule has 0 aliphatic rings. The fourth-order valence-corrected chi connectivity index (χ4v) is 3.94. The molecule has 0 aliphatic carbocycles. The molecule has 9 nitrogen and oxygen atoms in total. The quantitative estimate of drug-likeness (QED) is 0.288. The summed E-state index contributed by atoms with van der Waals surface area (Å²) >= 11 is 0. The lowest BCUT2D eigenvalue weighted by molar-refractivity contribution is 0.119. The predicted molar refractivity (Wildman–Crippen MR) is 134 cm³/mol. The number of halogens is 1. The van der Waals surface area contributed by atoms with Crippen molar-refractivity contribution >= 4 is 11.8 Å². The molecular formula is C27H23FN6O3. The van der Waals surface area contributed by atoms with Crippen LogP contribution in [0.4, 0.5) is 14.9 Å². The fraction of sp³-hybridized carbons (Fsp3) is 0.148. The maximum Gasteiger partial charge on any atom is 0.412 e. The molecule has 1 amide bonds. The van der Waals surface area contributed by atoms with Gasteiger partial charge in [0.15, 0.2) is 11.6 Å². The number of carbonyl (C=O) groups excluding carboxylic acids is 1. The van der Waals surface area contributed by atoms with Crippen molar-refractivity contribution in [3.05, 3.63) is 101 Å². The Labute approximate surface area is 211 Å². The number of H-pyrrole nitrogens is 1. The summed E-state index contributed by atoms with van der Waals surface area (Å²) in [5.74, 6) is 0.593. The summed E-state index contributed by atoms with van der Waals surface area (Å²) in [6, 6.07) is 22.0. The topological polar surface area (TPSA) is 119 Å². The minimum absolute atomic E-state index is 0.290. The number of anilines is 1. The standard InChI is InChI=1S/C27H23FN6O3/c1-16-25(29-27(35)36-17(2)22-5-3-4-6-23(22)28)26(37-32-16)21-13-11-20(12-14-21)19-9-7-18(8-10-19)15-24-30-33-34-31-24/h3-14,17H,15H2,1-2H3,(H,29,35)(H,30,31,33,34). The van der Waals surface area contributed by atoms with Crippen LogP contribution >= 0.6 is 0 Å². The number of aromatic amines is 1. The van der Waals surface area contributed by atoms with Crippen LogP contribution in [0.5, 0.6) is 0 Å². The first kappa shape index (κ1) is 23.9. The van der Waals surface area contributed by atoms with Crippen LogP contribution in [-0.2, 0) is 11.2 Å². The first-order valence-corrected chi connectivity index (χ1v) is 11.6. The fourth-order valence-electron chi connectivity index (χ4n) is 3.94. The van der Waals surface area contributed by atoms with Crippen molar-refractivity contribution in [3.8, 4) is 22.5 Å². The molecule has 0 radical (unpaired) electrons. The highest BCUT2D eigenvalue weighted by Crippen LogP contribution is 2.33. The maximum absolute atomic E-state index is 14.0. The van der Waals surface area contributed by atoms with E-state index in [1.807, 2.05) is 48.5 Å². The van der Waals surface area contributed by atoms with E-state index in [4.69, 9.17) is 9.26 Å². The molecule has 5 rings (SSSR count). The van der Waals surface area contributed by atoms with Crippen LogP contribution in [0.25, 0.3) is 22.5 Å². The molecule has 0 spiro atoms. The summed E-state index contributed by atoms with van der Waals surface area (Å²) < 4.78 is 24.9. The van der Waals surface area contributed by atoms with Crippen LogP contribution in [0.3, 0.4) is 0 Å². The zero-order valence-electron chi connectivity index (χ0n) is 20.1. The Bertz CT molecular complexity index is 1500. The Morgan fingerprint density at radius 2 is 1.70 bits per heavy atom. The van der Waals surface area contributed by atoms with E-state index in [1.54, 1.807) is 32.0 Å². The number of tetrazole rings is 1. The number of benzene rings is 3. The molecule has 0 bridgehead atoms. The smallest absolute Gasteiger partial charge is 0.412 e. The first-order chi connectivity index (χ1) is 18.0. The van der Waals surface area contributed by atoms with E-state index in [1.165, 1.54) is 6.07 Å². The van der Waals surface area contributed by atoms with Crippen molar-refractivity contribution in [2.45, 2.75) is 26.4 Å².